The van der Waals surface area contributed by atoms with Gasteiger partial charge in [0.1, 0.15) is 0 Å². The SMILES string of the molecule is NCC/C=[N+](\[O-])C1CCCCC1. The van der Waals surface area contributed by atoms with Crippen LogP contribution in [-0.4, -0.2) is 23.5 Å². The Bertz CT molecular complexity index is 151. The fraction of sp³-hybridized carbons (Fsp3) is 0.889. The van der Waals surface area contributed by atoms with E-state index >= 15 is 0 Å². The summed E-state index contributed by atoms with van der Waals surface area (Å²) in [6.45, 7) is 0.575. The van der Waals surface area contributed by atoms with Gasteiger partial charge in [-0.3, -0.25) is 0 Å². The Morgan fingerprint density at radius 2 is 2.00 bits per heavy atom. The summed E-state index contributed by atoms with van der Waals surface area (Å²) in [7, 11) is 0. The van der Waals surface area contributed by atoms with Crippen LogP contribution < -0.4 is 5.73 Å². The van der Waals surface area contributed by atoms with Crippen molar-refractivity contribution in [1.82, 2.24) is 0 Å². The van der Waals surface area contributed by atoms with Gasteiger partial charge in [0.05, 0.1) is 0 Å². The van der Waals surface area contributed by atoms with E-state index in [-0.39, 0.29) is 6.04 Å². The molecule has 0 aromatic carbocycles. The number of hydrogen-bond acceptors (Lipinski definition) is 2. The lowest BCUT2D eigenvalue weighted by Crippen LogP contribution is -2.25. The number of nitrogens with two attached hydrogens (primary N) is 1. The molecule has 0 amide bonds. The number of hydrogen-bond donors (Lipinski definition) is 1. The fourth-order valence-corrected chi connectivity index (χ4v) is 1.69. The molecule has 0 heterocycles. The molecule has 0 aromatic rings. The maximum Gasteiger partial charge on any atom is 0.162 e. The predicted octanol–water partition coefficient (Wildman–Crippen LogP) is 1.25. The molecule has 0 atom stereocenters. The highest BCUT2D eigenvalue weighted by molar-refractivity contribution is 5.51. The van der Waals surface area contributed by atoms with Gasteiger partial charge in [0.2, 0.25) is 0 Å². The van der Waals surface area contributed by atoms with Crippen LogP contribution in [0.4, 0.5) is 0 Å². The third kappa shape index (κ3) is 2.81. The van der Waals surface area contributed by atoms with Crippen LogP contribution in [0.2, 0.25) is 0 Å². The van der Waals surface area contributed by atoms with Crippen molar-refractivity contribution >= 4 is 6.21 Å². The topological polar surface area (TPSA) is 52.1 Å². The van der Waals surface area contributed by atoms with Gasteiger partial charge in [-0.05, 0) is 12.8 Å². The highest BCUT2D eigenvalue weighted by Gasteiger charge is 2.18. The van der Waals surface area contributed by atoms with Gasteiger partial charge < -0.3 is 10.9 Å². The van der Waals surface area contributed by atoms with Crippen molar-refractivity contribution in [3.63, 3.8) is 0 Å². The van der Waals surface area contributed by atoms with Crippen LogP contribution in [0.25, 0.3) is 0 Å². The van der Waals surface area contributed by atoms with Crippen LogP contribution in [0.3, 0.4) is 0 Å². The second kappa shape index (κ2) is 5.14. The van der Waals surface area contributed by atoms with E-state index in [0.29, 0.717) is 13.0 Å². The minimum Gasteiger partial charge on any atom is -0.624 e. The van der Waals surface area contributed by atoms with Crippen molar-refractivity contribution in [3.05, 3.63) is 5.21 Å². The van der Waals surface area contributed by atoms with E-state index in [1.165, 1.54) is 19.3 Å². The molecular formula is C9H18N2O. The quantitative estimate of drug-likeness (QED) is 0.300. The first-order valence-corrected chi connectivity index (χ1v) is 4.83. The Labute approximate surface area is 73.8 Å². The normalized spacial score (nSPS) is 21.2. The summed E-state index contributed by atoms with van der Waals surface area (Å²) < 4.78 is 1.12. The summed E-state index contributed by atoms with van der Waals surface area (Å²) in [4.78, 5) is 0. The Kier molecular flexibility index (Phi) is 4.08. The molecule has 0 radical (unpaired) electrons. The number of nitrogens with zero attached hydrogens (tertiary/aromatic N) is 1. The molecular weight excluding hydrogens is 152 g/mol. The second-order valence-electron chi connectivity index (χ2n) is 3.41. The molecule has 0 bridgehead atoms. The van der Waals surface area contributed by atoms with Crippen molar-refractivity contribution in [1.29, 1.82) is 0 Å². The van der Waals surface area contributed by atoms with Gasteiger partial charge in [-0.15, -0.1) is 0 Å². The molecule has 1 aliphatic carbocycles. The van der Waals surface area contributed by atoms with E-state index in [1.54, 1.807) is 6.21 Å². The Morgan fingerprint density at radius 3 is 2.58 bits per heavy atom. The minimum atomic E-state index is 0.241. The van der Waals surface area contributed by atoms with Gasteiger partial charge in [0.25, 0.3) is 0 Å². The second-order valence-corrected chi connectivity index (χ2v) is 3.41. The maximum atomic E-state index is 11.4. The molecule has 0 aromatic heterocycles. The molecule has 0 spiro atoms. The van der Waals surface area contributed by atoms with Crippen molar-refractivity contribution in [2.24, 2.45) is 5.73 Å². The van der Waals surface area contributed by atoms with Crippen LogP contribution in [0.1, 0.15) is 38.5 Å². The summed E-state index contributed by atoms with van der Waals surface area (Å²) in [5.74, 6) is 0. The van der Waals surface area contributed by atoms with E-state index < -0.39 is 0 Å². The van der Waals surface area contributed by atoms with E-state index in [1.807, 2.05) is 0 Å². The summed E-state index contributed by atoms with van der Waals surface area (Å²) in [5.41, 5.74) is 5.31. The van der Waals surface area contributed by atoms with Crippen LogP contribution in [0.5, 0.6) is 0 Å². The minimum absolute atomic E-state index is 0.241. The highest BCUT2D eigenvalue weighted by Crippen LogP contribution is 2.19. The van der Waals surface area contributed by atoms with Gasteiger partial charge in [-0.25, -0.2) is 4.74 Å². The molecule has 70 valence electrons. The van der Waals surface area contributed by atoms with Crippen molar-refractivity contribution in [2.45, 2.75) is 44.6 Å². The average molecular weight is 170 g/mol. The third-order valence-corrected chi connectivity index (χ3v) is 2.41. The van der Waals surface area contributed by atoms with Crippen LogP contribution in [0, 0.1) is 5.21 Å². The first-order chi connectivity index (χ1) is 5.84. The summed E-state index contributed by atoms with van der Waals surface area (Å²) in [6.07, 6.45) is 8.23. The molecule has 1 rings (SSSR count). The van der Waals surface area contributed by atoms with E-state index in [0.717, 1.165) is 17.6 Å². The maximum absolute atomic E-state index is 11.4. The van der Waals surface area contributed by atoms with Gasteiger partial charge >= 0.3 is 0 Å². The van der Waals surface area contributed by atoms with Crippen molar-refractivity contribution in [3.8, 4) is 0 Å². The lowest BCUT2D eigenvalue weighted by molar-refractivity contribution is -0.502. The molecule has 0 unspecified atom stereocenters. The van der Waals surface area contributed by atoms with Crippen molar-refractivity contribution in [2.75, 3.05) is 6.54 Å². The van der Waals surface area contributed by atoms with Crippen LogP contribution in [0.15, 0.2) is 0 Å². The highest BCUT2D eigenvalue weighted by atomic mass is 16.5. The Balaban J connectivity index is 2.33. The van der Waals surface area contributed by atoms with Crippen LogP contribution >= 0.6 is 0 Å². The molecule has 1 saturated carbocycles. The molecule has 3 heteroatoms. The number of hydroxylamine groups is 1. The molecule has 2 N–H and O–H groups in total. The average Bonchev–Trinajstić information content (AvgIpc) is 2.15. The molecule has 0 aliphatic heterocycles. The standard InChI is InChI=1S/C9H18N2O/c10-7-4-8-11(12)9-5-2-1-3-6-9/h8-9H,1-7,10H2/b11-8-. The molecule has 1 fully saturated rings. The first kappa shape index (κ1) is 9.52. The summed E-state index contributed by atoms with van der Waals surface area (Å²) in [6, 6.07) is 0.241. The Hall–Kier alpha value is -0.570. The van der Waals surface area contributed by atoms with E-state index in [2.05, 4.69) is 0 Å². The zero-order valence-corrected chi connectivity index (χ0v) is 7.54. The zero-order valence-electron chi connectivity index (χ0n) is 7.54. The fourth-order valence-electron chi connectivity index (χ4n) is 1.69. The van der Waals surface area contributed by atoms with Crippen LogP contribution in [-0.2, 0) is 0 Å². The summed E-state index contributed by atoms with van der Waals surface area (Å²) >= 11 is 0. The molecule has 0 saturated heterocycles. The number of rotatable bonds is 3. The Morgan fingerprint density at radius 1 is 1.33 bits per heavy atom. The largest absolute Gasteiger partial charge is 0.624 e. The lowest BCUT2D eigenvalue weighted by Gasteiger charge is -2.20. The third-order valence-electron chi connectivity index (χ3n) is 2.41. The summed E-state index contributed by atoms with van der Waals surface area (Å²) in [5, 5.41) is 11.4. The van der Waals surface area contributed by atoms with Gasteiger partial charge in [0, 0.05) is 25.8 Å². The predicted molar refractivity (Wildman–Crippen MR) is 50.2 cm³/mol. The van der Waals surface area contributed by atoms with E-state index in [9.17, 15) is 5.21 Å². The van der Waals surface area contributed by atoms with Crippen molar-refractivity contribution < 1.29 is 4.74 Å². The lowest BCUT2D eigenvalue weighted by atomic mass is 9.96. The first-order valence-electron chi connectivity index (χ1n) is 4.83. The zero-order chi connectivity index (χ0) is 8.81. The van der Waals surface area contributed by atoms with Gasteiger partial charge in [-0.1, -0.05) is 6.42 Å². The molecule has 12 heavy (non-hydrogen) atoms. The smallest absolute Gasteiger partial charge is 0.162 e. The van der Waals surface area contributed by atoms with Gasteiger partial charge in [0.15, 0.2) is 12.3 Å². The molecule has 3 nitrogen and oxygen atoms in total. The van der Waals surface area contributed by atoms with E-state index in [4.69, 9.17) is 5.73 Å². The molecule has 1 aliphatic rings. The van der Waals surface area contributed by atoms with Gasteiger partial charge in [-0.2, -0.15) is 0 Å². The monoisotopic (exact) mass is 170 g/mol.